The highest BCUT2D eigenvalue weighted by Gasteiger charge is 2.51. The maximum absolute atomic E-state index is 13.1. The van der Waals surface area contributed by atoms with Gasteiger partial charge in [0.05, 0.1) is 58.0 Å². The number of anilines is 1. The molecular formula is C24H29F3N6O2S. The zero-order chi connectivity index (χ0) is 25.6. The molecule has 3 N–H and O–H groups in total. The smallest absolute Gasteiger partial charge is 0.388 e. The lowest BCUT2D eigenvalue weighted by Gasteiger charge is -2.51. The summed E-state index contributed by atoms with van der Waals surface area (Å²) in [6, 6.07) is 3.67. The molecule has 3 aliphatic rings. The molecule has 1 saturated heterocycles. The topological polar surface area (TPSA) is 103 Å². The van der Waals surface area contributed by atoms with Gasteiger partial charge in [-0.2, -0.15) is 23.4 Å². The minimum absolute atomic E-state index is 0.0283. The number of alkyl halides is 3. The molecule has 0 spiro atoms. The molecule has 1 aromatic heterocycles. The zero-order valence-corrected chi connectivity index (χ0v) is 20.7. The number of thioether (sulfide) groups is 1. The van der Waals surface area contributed by atoms with E-state index in [-0.39, 0.29) is 28.6 Å². The second-order valence-corrected chi connectivity index (χ2v) is 11.5. The van der Waals surface area contributed by atoms with Crippen LogP contribution in [-0.4, -0.2) is 80.3 Å². The summed E-state index contributed by atoms with van der Waals surface area (Å²) in [6.45, 7) is 4.16. The Hall–Kier alpha value is -2.44. The summed E-state index contributed by atoms with van der Waals surface area (Å²) in [5.41, 5.74) is 0.994. The number of fused-ring (bicyclic) bond motifs is 1. The standard InChI is InChI=1S/C24H29F3N6O2S/c1-22(13-28-14-36-22)23(35)6-4-17(5-7-23)33-11-16(12-33)31-21(34)10-29-20-9-30-32-19-3-2-15(8-18(19)20)24(25,26)27/h2-3,8-9,14,16-17,35H,4-7,10-13H2,1H3,(H,29,32)(H,31,34). The van der Waals surface area contributed by atoms with Crippen molar-refractivity contribution < 1.29 is 23.1 Å². The van der Waals surface area contributed by atoms with Crippen molar-refractivity contribution in [2.24, 2.45) is 4.99 Å². The molecule has 1 atom stereocenters. The summed E-state index contributed by atoms with van der Waals surface area (Å²) in [4.78, 5) is 19.1. The van der Waals surface area contributed by atoms with Crippen LogP contribution in [0.1, 0.15) is 38.2 Å². The van der Waals surface area contributed by atoms with Gasteiger partial charge in [-0.3, -0.25) is 14.7 Å². The highest BCUT2D eigenvalue weighted by molar-refractivity contribution is 8.13. The van der Waals surface area contributed by atoms with Gasteiger partial charge in [-0.15, -0.1) is 11.8 Å². The maximum atomic E-state index is 13.1. The Morgan fingerprint density at radius 1 is 1.28 bits per heavy atom. The molecule has 0 radical (unpaired) electrons. The molecule has 8 nitrogen and oxygen atoms in total. The third-order valence-corrected chi connectivity index (χ3v) is 9.03. The molecule has 36 heavy (non-hydrogen) atoms. The van der Waals surface area contributed by atoms with Crippen LogP contribution in [0.15, 0.2) is 29.4 Å². The lowest BCUT2D eigenvalue weighted by molar-refractivity contribution is -0.137. The van der Waals surface area contributed by atoms with Gasteiger partial charge in [-0.1, -0.05) is 0 Å². The van der Waals surface area contributed by atoms with Gasteiger partial charge in [-0.25, -0.2) is 0 Å². The summed E-state index contributed by atoms with van der Waals surface area (Å²) >= 11 is 1.63. The Kier molecular flexibility index (Phi) is 6.63. The Bertz CT molecular complexity index is 1150. The number of nitrogens with one attached hydrogen (secondary N) is 2. The van der Waals surface area contributed by atoms with Crippen LogP contribution in [0.3, 0.4) is 0 Å². The van der Waals surface area contributed by atoms with E-state index in [4.69, 9.17) is 0 Å². The molecule has 2 aliphatic heterocycles. The van der Waals surface area contributed by atoms with E-state index in [2.05, 4.69) is 37.6 Å². The number of amides is 1. The van der Waals surface area contributed by atoms with Crippen LogP contribution in [0.5, 0.6) is 0 Å². The number of aliphatic imine (C=N–C) groups is 1. The van der Waals surface area contributed by atoms with Crippen molar-refractivity contribution in [3.8, 4) is 0 Å². The third kappa shape index (κ3) is 4.90. The largest absolute Gasteiger partial charge is 0.416 e. The summed E-state index contributed by atoms with van der Waals surface area (Å²) < 4.78 is 39.0. The molecule has 1 unspecified atom stereocenters. The van der Waals surface area contributed by atoms with Crippen molar-refractivity contribution in [1.82, 2.24) is 20.4 Å². The first-order valence-electron chi connectivity index (χ1n) is 12.0. The lowest BCUT2D eigenvalue weighted by Crippen LogP contribution is -2.64. The fourth-order valence-electron chi connectivity index (χ4n) is 5.36. The van der Waals surface area contributed by atoms with Gasteiger partial charge in [0, 0.05) is 24.5 Å². The number of hydrogen-bond donors (Lipinski definition) is 3. The Morgan fingerprint density at radius 3 is 2.69 bits per heavy atom. The highest BCUT2D eigenvalue weighted by atomic mass is 32.2. The van der Waals surface area contributed by atoms with Crippen LogP contribution in [-0.2, 0) is 11.0 Å². The van der Waals surface area contributed by atoms with E-state index in [1.54, 1.807) is 11.8 Å². The molecule has 5 rings (SSSR count). The van der Waals surface area contributed by atoms with Crippen LogP contribution < -0.4 is 10.6 Å². The first kappa shape index (κ1) is 25.2. The van der Waals surface area contributed by atoms with Crippen LogP contribution in [0.2, 0.25) is 0 Å². The third-order valence-electron chi connectivity index (χ3n) is 7.74. The highest BCUT2D eigenvalue weighted by Crippen LogP contribution is 2.47. The van der Waals surface area contributed by atoms with Gasteiger partial charge >= 0.3 is 6.18 Å². The second kappa shape index (κ2) is 9.46. The minimum atomic E-state index is -4.47. The summed E-state index contributed by atoms with van der Waals surface area (Å²) in [5.74, 6) is -0.235. The fraction of sp³-hybridized carbons (Fsp3) is 0.583. The molecule has 0 bridgehead atoms. The summed E-state index contributed by atoms with van der Waals surface area (Å²) in [6.07, 6.45) is 0.161. The monoisotopic (exact) mass is 522 g/mol. The Morgan fingerprint density at radius 2 is 2.03 bits per heavy atom. The SMILES string of the molecule is CC1(C2(O)CCC(N3CC(NC(=O)CNc4cnnc5ccc(C(F)(F)F)cc45)C3)CC2)CN=CS1. The van der Waals surface area contributed by atoms with E-state index in [1.165, 1.54) is 12.3 Å². The number of likely N-dealkylation sites (tertiary alicyclic amines) is 1. The number of nitrogens with zero attached hydrogens (tertiary/aromatic N) is 4. The van der Waals surface area contributed by atoms with E-state index in [0.29, 0.717) is 23.8 Å². The van der Waals surface area contributed by atoms with Crippen LogP contribution in [0.4, 0.5) is 18.9 Å². The molecule has 194 valence electrons. The van der Waals surface area contributed by atoms with Crippen LogP contribution in [0, 0.1) is 0 Å². The number of carbonyl (C=O) groups is 1. The van der Waals surface area contributed by atoms with Crippen molar-refractivity contribution in [3.63, 3.8) is 0 Å². The molecular weight excluding hydrogens is 493 g/mol. The minimum Gasteiger partial charge on any atom is -0.388 e. The van der Waals surface area contributed by atoms with E-state index < -0.39 is 17.3 Å². The fourth-order valence-corrected chi connectivity index (χ4v) is 6.32. The maximum Gasteiger partial charge on any atom is 0.416 e. The van der Waals surface area contributed by atoms with Gasteiger partial charge in [0.15, 0.2) is 0 Å². The normalized spacial score (nSPS) is 29.3. The van der Waals surface area contributed by atoms with Crippen molar-refractivity contribution in [2.45, 2.75) is 61.2 Å². The Labute approximate surface area is 211 Å². The molecule has 1 saturated carbocycles. The molecule has 1 amide bonds. The number of benzene rings is 1. The zero-order valence-electron chi connectivity index (χ0n) is 19.9. The molecule has 1 aliphatic carbocycles. The predicted molar refractivity (Wildman–Crippen MR) is 133 cm³/mol. The van der Waals surface area contributed by atoms with Gasteiger partial charge in [0.1, 0.15) is 0 Å². The van der Waals surface area contributed by atoms with Crippen molar-refractivity contribution in [1.29, 1.82) is 0 Å². The number of hydrogen-bond acceptors (Lipinski definition) is 8. The van der Waals surface area contributed by atoms with Crippen molar-refractivity contribution in [3.05, 3.63) is 30.0 Å². The van der Waals surface area contributed by atoms with E-state index >= 15 is 0 Å². The van der Waals surface area contributed by atoms with Crippen molar-refractivity contribution >= 4 is 39.8 Å². The van der Waals surface area contributed by atoms with Gasteiger partial charge in [0.2, 0.25) is 5.91 Å². The summed E-state index contributed by atoms with van der Waals surface area (Å²) in [5, 5.41) is 25.0. The molecule has 3 heterocycles. The number of aliphatic hydroxyl groups is 1. The van der Waals surface area contributed by atoms with Gasteiger partial charge in [-0.05, 0) is 50.8 Å². The number of rotatable bonds is 6. The van der Waals surface area contributed by atoms with E-state index in [1.807, 2.05) is 5.55 Å². The quantitative estimate of drug-likeness (QED) is 0.536. The van der Waals surface area contributed by atoms with Crippen LogP contribution in [0.25, 0.3) is 10.9 Å². The second-order valence-electron chi connectivity index (χ2n) is 10.1. The average molecular weight is 523 g/mol. The van der Waals surface area contributed by atoms with E-state index in [9.17, 15) is 23.1 Å². The van der Waals surface area contributed by atoms with Crippen molar-refractivity contribution in [2.75, 3.05) is 31.5 Å². The van der Waals surface area contributed by atoms with Gasteiger partial charge in [0.25, 0.3) is 0 Å². The van der Waals surface area contributed by atoms with Gasteiger partial charge < -0.3 is 15.7 Å². The van der Waals surface area contributed by atoms with E-state index in [0.717, 1.165) is 50.9 Å². The predicted octanol–water partition coefficient (Wildman–Crippen LogP) is 3.07. The molecule has 12 heteroatoms. The average Bonchev–Trinajstić information content (AvgIpc) is 3.28. The molecule has 2 fully saturated rings. The first-order chi connectivity index (χ1) is 17.1. The number of aromatic nitrogens is 2. The number of halogens is 3. The molecule has 1 aromatic carbocycles. The molecule has 2 aromatic rings. The summed E-state index contributed by atoms with van der Waals surface area (Å²) in [7, 11) is 0. The number of carbonyl (C=O) groups excluding carboxylic acids is 1. The van der Waals surface area contributed by atoms with Crippen LogP contribution >= 0.6 is 11.8 Å². The lowest BCUT2D eigenvalue weighted by atomic mass is 9.73. The Balaban J connectivity index is 1.09. The first-order valence-corrected chi connectivity index (χ1v) is 12.9.